The van der Waals surface area contributed by atoms with Crippen LogP contribution in [0.15, 0.2) is 18.2 Å². The van der Waals surface area contributed by atoms with E-state index in [-0.39, 0.29) is 10.6 Å². The van der Waals surface area contributed by atoms with E-state index in [1.807, 2.05) is 6.07 Å². The Hall–Kier alpha value is -1.82. The summed E-state index contributed by atoms with van der Waals surface area (Å²) in [6.45, 7) is 1.73. The maximum absolute atomic E-state index is 10.6. The molecule has 0 radical (unpaired) electrons. The van der Waals surface area contributed by atoms with Gasteiger partial charge in [0.05, 0.1) is 4.92 Å². The van der Waals surface area contributed by atoms with E-state index >= 15 is 0 Å². The lowest BCUT2D eigenvalue weighted by Gasteiger charge is -2.00. The Morgan fingerprint density at radius 3 is 2.86 bits per heavy atom. The fourth-order valence-electron chi connectivity index (χ4n) is 1.22. The van der Waals surface area contributed by atoms with Gasteiger partial charge in [0.15, 0.2) is 0 Å². The Kier molecular flexibility index (Phi) is 3.24. The molecule has 0 bridgehead atoms. The fourth-order valence-corrected chi connectivity index (χ4v) is 1.22. The minimum Gasteiger partial charge on any atom is -0.258 e. The SMILES string of the molecule is C#CCCc1ccc(C)c([N+](=O)[O-])c1. The average Bonchev–Trinajstić information content (AvgIpc) is 2.16. The third-order valence-electron chi connectivity index (χ3n) is 2.03. The van der Waals surface area contributed by atoms with Crippen molar-refractivity contribution in [2.24, 2.45) is 0 Å². The van der Waals surface area contributed by atoms with Crippen LogP contribution in [0.4, 0.5) is 5.69 Å². The van der Waals surface area contributed by atoms with Crippen molar-refractivity contribution in [2.45, 2.75) is 19.8 Å². The number of benzene rings is 1. The number of nitro benzene ring substituents is 1. The first-order chi connectivity index (χ1) is 6.65. The van der Waals surface area contributed by atoms with E-state index in [1.165, 1.54) is 0 Å². The van der Waals surface area contributed by atoms with Crippen LogP contribution in [0.25, 0.3) is 0 Å². The minimum atomic E-state index is -0.366. The first-order valence-electron chi connectivity index (χ1n) is 4.32. The van der Waals surface area contributed by atoms with Gasteiger partial charge in [-0.25, -0.2) is 0 Å². The van der Waals surface area contributed by atoms with Gasteiger partial charge in [0.1, 0.15) is 0 Å². The second-order valence-corrected chi connectivity index (χ2v) is 3.08. The molecule has 14 heavy (non-hydrogen) atoms. The fraction of sp³-hybridized carbons (Fsp3) is 0.273. The van der Waals surface area contributed by atoms with E-state index in [9.17, 15) is 10.1 Å². The maximum Gasteiger partial charge on any atom is 0.272 e. The molecule has 0 aliphatic carbocycles. The lowest BCUT2D eigenvalue weighted by Crippen LogP contribution is -1.93. The molecule has 1 aromatic rings. The van der Waals surface area contributed by atoms with Crippen LogP contribution in [-0.4, -0.2) is 4.92 Å². The van der Waals surface area contributed by atoms with Gasteiger partial charge in [-0.2, -0.15) is 0 Å². The minimum absolute atomic E-state index is 0.166. The summed E-state index contributed by atoms with van der Waals surface area (Å²) in [7, 11) is 0. The van der Waals surface area contributed by atoms with Gasteiger partial charge in [0.25, 0.3) is 5.69 Å². The first kappa shape index (κ1) is 10.3. The molecule has 1 aromatic carbocycles. The predicted octanol–water partition coefficient (Wildman–Crippen LogP) is 2.47. The third-order valence-corrected chi connectivity index (χ3v) is 2.03. The van der Waals surface area contributed by atoms with Gasteiger partial charge in [-0.3, -0.25) is 10.1 Å². The number of hydrogen-bond donors (Lipinski definition) is 0. The molecule has 72 valence electrons. The van der Waals surface area contributed by atoms with Gasteiger partial charge < -0.3 is 0 Å². The van der Waals surface area contributed by atoms with Gasteiger partial charge >= 0.3 is 0 Å². The summed E-state index contributed by atoms with van der Waals surface area (Å²) in [5, 5.41) is 10.6. The van der Waals surface area contributed by atoms with Crippen LogP contribution in [-0.2, 0) is 6.42 Å². The molecular weight excluding hydrogens is 178 g/mol. The third kappa shape index (κ3) is 2.33. The highest BCUT2D eigenvalue weighted by Crippen LogP contribution is 2.19. The molecule has 0 aliphatic rings. The Morgan fingerprint density at radius 2 is 2.29 bits per heavy atom. The highest BCUT2D eigenvalue weighted by Gasteiger charge is 2.10. The van der Waals surface area contributed by atoms with Gasteiger partial charge in [-0.05, 0) is 18.9 Å². The molecule has 0 aliphatic heterocycles. The van der Waals surface area contributed by atoms with Crippen molar-refractivity contribution in [1.29, 1.82) is 0 Å². The first-order valence-corrected chi connectivity index (χ1v) is 4.32. The van der Waals surface area contributed by atoms with Crippen LogP contribution in [0.3, 0.4) is 0 Å². The van der Waals surface area contributed by atoms with E-state index in [2.05, 4.69) is 5.92 Å². The summed E-state index contributed by atoms with van der Waals surface area (Å²) >= 11 is 0. The number of nitrogens with zero attached hydrogens (tertiary/aromatic N) is 1. The van der Waals surface area contributed by atoms with Crippen LogP contribution in [0.2, 0.25) is 0 Å². The van der Waals surface area contributed by atoms with Crippen molar-refractivity contribution in [1.82, 2.24) is 0 Å². The number of aryl methyl sites for hydroxylation is 2. The van der Waals surface area contributed by atoms with Crippen LogP contribution in [0.5, 0.6) is 0 Å². The summed E-state index contributed by atoms with van der Waals surface area (Å²) in [5.41, 5.74) is 1.76. The van der Waals surface area contributed by atoms with Gasteiger partial charge in [0.2, 0.25) is 0 Å². The summed E-state index contributed by atoms with van der Waals surface area (Å²) in [6, 6.07) is 5.22. The molecule has 0 spiro atoms. The molecule has 3 nitrogen and oxygen atoms in total. The molecule has 1 rings (SSSR count). The van der Waals surface area contributed by atoms with Gasteiger partial charge in [-0.1, -0.05) is 12.1 Å². The van der Waals surface area contributed by atoms with Crippen molar-refractivity contribution in [3.8, 4) is 12.3 Å². The standard InChI is InChI=1S/C11H11NO2/c1-3-4-5-10-7-6-9(2)11(8-10)12(13)14/h1,6-8H,4-5H2,2H3. The predicted molar refractivity (Wildman–Crippen MR) is 55.0 cm³/mol. The molecule has 0 atom stereocenters. The lowest BCUT2D eigenvalue weighted by atomic mass is 10.1. The van der Waals surface area contributed by atoms with E-state index in [4.69, 9.17) is 6.42 Å². The Labute approximate surface area is 82.9 Å². The number of rotatable bonds is 3. The molecule has 0 saturated carbocycles. The lowest BCUT2D eigenvalue weighted by molar-refractivity contribution is -0.385. The van der Waals surface area contributed by atoms with E-state index in [1.54, 1.807) is 19.1 Å². The molecule has 0 fully saturated rings. The van der Waals surface area contributed by atoms with Crippen LogP contribution in [0, 0.1) is 29.4 Å². The molecule has 3 heteroatoms. The quantitative estimate of drug-likeness (QED) is 0.416. The van der Waals surface area contributed by atoms with E-state index in [0.717, 1.165) is 5.56 Å². The zero-order valence-corrected chi connectivity index (χ0v) is 7.99. The second kappa shape index (κ2) is 4.43. The summed E-state index contributed by atoms with van der Waals surface area (Å²) in [4.78, 5) is 10.2. The molecule has 0 aromatic heterocycles. The van der Waals surface area contributed by atoms with Crippen LogP contribution >= 0.6 is 0 Å². The molecule has 0 heterocycles. The molecular formula is C11H11NO2. The summed E-state index contributed by atoms with van der Waals surface area (Å²) in [6.07, 6.45) is 6.42. The number of nitro groups is 1. The van der Waals surface area contributed by atoms with Crippen LogP contribution < -0.4 is 0 Å². The zero-order chi connectivity index (χ0) is 10.6. The Morgan fingerprint density at radius 1 is 1.57 bits per heavy atom. The second-order valence-electron chi connectivity index (χ2n) is 3.08. The largest absolute Gasteiger partial charge is 0.272 e. The highest BCUT2D eigenvalue weighted by molar-refractivity contribution is 5.42. The van der Waals surface area contributed by atoms with Crippen molar-refractivity contribution in [3.05, 3.63) is 39.4 Å². The number of hydrogen-bond acceptors (Lipinski definition) is 2. The topological polar surface area (TPSA) is 43.1 Å². The molecule has 0 unspecified atom stereocenters. The molecule has 0 saturated heterocycles. The molecule has 0 amide bonds. The normalized spacial score (nSPS) is 9.43. The molecule has 0 N–H and O–H groups in total. The maximum atomic E-state index is 10.6. The summed E-state index contributed by atoms with van der Waals surface area (Å²) in [5.74, 6) is 2.51. The van der Waals surface area contributed by atoms with Crippen molar-refractivity contribution in [2.75, 3.05) is 0 Å². The van der Waals surface area contributed by atoms with Crippen molar-refractivity contribution in [3.63, 3.8) is 0 Å². The Bertz CT molecular complexity index is 391. The van der Waals surface area contributed by atoms with Crippen molar-refractivity contribution < 1.29 is 4.92 Å². The van der Waals surface area contributed by atoms with Gasteiger partial charge in [0, 0.05) is 18.1 Å². The monoisotopic (exact) mass is 189 g/mol. The Balaban J connectivity index is 2.96. The highest BCUT2D eigenvalue weighted by atomic mass is 16.6. The van der Waals surface area contributed by atoms with E-state index < -0.39 is 0 Å². The van der Waals surface area contributed by atoms with E-state index in [0.29, 0.717) is 18.4 Å². The smallest absolute Gasteiger partial charge is 0.258 e. The zero-order valence-electron chi connectivity index (χ0n) is 7.99. The van der Waals surface area contributed by atoms with Crippen LogP contribution in [0.1, 0.15) is 17.5 Å². The van der Waals surface area contributed by atoms with Gasteiger partial charge in [-0.15, -0.1) is 12.3 Å². The van der Waals surface area contributed by atoms with Crippen molar-refractivity contribution >= 4 is 5.69 Å². The average molecular weight is 189 g/mol. The summed E-state index contributed by atoms with van der Waals surface area (Å²) < 4.78 is 0. The number of terminal acetylenes is 1.